The molecule has 0 fully saturated rings. The zero-order valence-electron chi connectivity index (χ0n) is 10.4. The van der Waals surface area contributed by atoms with E-state index in [1.165, 1.54) is 7.11 Å². The molecule has 1 aromatic carbocycles. The number of ether oxygens (including phenoxy) is 2. The maximum Gasteiger partial charge on any atom is 0.409 e. The van der Waals surface area contributed by atoms with Crippen molar-refractivity contribution in [2.24, 2.45) is 0 Å². The minimum absolute atomic E-state index is 0.0712. The molecule has 1 amide bonds. The monoisotopic (exact) mass is 247 g/mol. The van der Waals surface area contributed by atoms with E-state index in [0.29, 0.717) is 19.7 Å². The lowest BCUT2D eigenvalue weighted by Gasteiger charge is -2.27. The van der Waals surface area contributed by atoms with Gasteiger partial charge >= 0.3 is 6.09 Å². The van der Waals surface area contributed by atoms with Crippen molar-refractivity contribution in [3.05, 3.63) is 48.0 Å². The van der Waals surface area contributed by atoms with Crippen LogP contribution in [0.25, 0.3) is 0 Å². The number of rotatable bonds is 3. The number of hydrogen-bond acceptors (Lipinski definition) is 3. The lowest BCUT2D eigenvalue weighted by Crippen LogP contribution is -2.40. The van der Waals surface area contributed by atoms with Crippen molar-refractivity contribution in [3.63, 3.8) is 0 Å². The van der Waals surface area contributed by atoms with Crippen LogP contribution in [-0.4, -0.2) is 37.3 Å². The van der Waals surface area contributed by atoms with E-state index in [0.717, 1.165) is 5.56 Å². The van der Waals surface area contributed by atoms with Gasteiger partial charge in [-0.2, -0.15) is 0 Å². The molecule has 0 N–H and O–H groups in total. The van der Waals surface area contributed by atoms with Crippen molar-refractivity contribution >= 4 is 6.09 Å². The summed E-state index contributed by atoms with van der Waals surface area (Å²) in [5.41, 5.74) is 1.13. The average molecular weight is 247 g/mol. The van der Waals surface area contributed by atoms with E-state index in [4.69, 9.17) is 9.47 Å². The summed E-state index contributed by atoms with van der Waals surface area (Å²) in [6, 6.07) is 9.98. The number of methoxy groups -OCH3 is 1. The predicted octanol–water partition coefficient (Wildman–Crippen LogP) is 2.21. The molecule has 0 aromatic heterocycles. The summed E-state index contributed by atoms with van der Waals surface area (Å²) in [6.07, 6.45) is 3.53. The topological polar surface area (TPSA) is 38.8 Å². The van der Waals surface area contributed by atoms with Crippen LogP contribution in [0.4, 0.5) is 4.79 Å². The van der Waals surface area contributed by atoms with Gasteiger partial charge in [0.25, 0.3) is 0 Å². The van der Waals surface area contributed by atoms with Crippen LogP contribution in [0.5, 0.6) is 0 Å². The fourth-order valence-corrected chi connectivity index (χ4v) is 1.86. The fourth-order valence-electron chi connectivity index (χ4n) is 1.86. The smallest absolute Gasteiger partial charge is 0.409 e. The highest BCUT2D eigenvalue weighted by molar-refractivity contribution is 5.67. The number of nitrogens with zero attached hydrogens (tertiary/aromatic N) is 1. The van der Waals surface area contributed by atoms with E-state index >= 15 is 0 Å². The highest BCUT2D eigenvalue weighted by Crippen LogP contribution is 2.10. The molecule has 18 heavy (non-hydrogen) atoms. The number of amides is 1. The Morgan fingerprint density at radius 2 is 2.17 bits per heavy atom. The number of carbonyl (C=O) groups excluding carboxylic acids is 1. The fraction of sp³-hybridized carbons (Fsp3) is 0.357. The van der Waals surface area contributed by atoms with Gasteiger partial charge in [0, 0.05) is 6.54 Å². The normalized spacial score (nSPS) is 18.7. The van der Waals surface area contributed by atoms with Crippen molar-refractivity contribution in [3.8, 4) is 0 Å². The summed E-state index contributed by atoms with van der Waals surface area (Å²) in [5, 5.41) is 0. The molecule has 0 radical (unpaired) electrons. The molecule has 4 nitrogen and oxygen atoms in total. The van der Waals surface area contributed by atoms with Gasteiger partial charge in [0.05, 0.1) is 26.4 Å². The molecule has 0 spiro atoms. The van der Waals surface area contributed by atoms with Crippen LogP contribution in [0.1, 0.15) is 5.56 Å². The van der Waals surface area contributed by atoms with Gasteiger partial charge in [-0.3, -0.25) is 0 Å². The van der Waals surface area contributed by atoms with E-state index in [1.807, 2.05) is 42.5 Å². The summed E-state index contributed by atoms with van der Waals surface area (Å²) in [5.74, 6) is 0. The van der Waals surface area contributed by atoms with Crippen molar-refractivity contribution in [1.82, 2.24) is 4.90 Å². The van der Waals surface area contributed by atoms with Gasteiger partial charge in [0.1, 0.15) is 0 Å². The summed E-state index contributed by atoms with van der Waals surface area (Å²) >= 11 is 0. The van der Waals surface area contributed by atoms with Gasteiger partial charge in [-0.15, -0.1) is 0 Å². The first-order valence-corrected chi connectivity index (χ1v) is 5.94. The lowest BCUT2D eigenvalue weighted by molar-refractivity contribution is 0.0382. The Hall–Kier alpha value is -1.81. The van der Waals surface area contributed by atoms with Gasteiger partial charge in [-0.1, -0.05) is 42.5 Å². The van der Waals surface area contributed by atoms with Crippen LogP contribution in [0, 0.1) is 0 Å². The van der Waals surface area contributed by atoms with Gasteiger partial charge in [0.2, 0.25) is 0 Å². The molecule has 0 aliphatic carbocycles. The number of carbonyl (C=O) groups is 1. The molecular formula is C14H17NO3. The maximum absolute atomic E-state index is 11.4. The molecule has 0 saturated heterocycles. The van der Waals surface area contributed by atoms with E-state index < -0.39 is 0 Å². The molecular weight excluding hydrogens is 230 g/mol. The van der Waals surface area contributed by atoms with Gasteiger partial charge in [0.15, 0.2) is 0 Å². The molecule has 1 aliphatic heterocycles. The van der Waals surface area contributed by atoms with Gasteiger partial charge < -0.3 is 14.4 Å². The highest BCUT2D eigenvalue weighted by Gasteiger charge is 2.20. The number of benzene rings is 1. The quantitative estimate of drug-likeness (QED) is 0.769. The SMILES string of the molecule is COC(=O)N1CC=CC(OCc2ccccc2)C1. The van der Waals surface area contributed by atoms with Crippen molar-refractivity contribution in [1.29, 1.82) is 0 Å². The minimum atomic E-state index is -0.312. The second kappa shape index (κ2) is 6.21. The standard InChI is InChI=1S/C14H17NO3/c1-17-14(16)15-9-5-8-13(10-15)18-11-12-6-3-2-4-7-12/h2-8,13H,9-11H2,1H3. The molecule has 4 heteroatoms. The van der Waals surface area contributed by atoms with Gasteiger partial charge in [-0.05, 0) is 5.56 Å². The summed E-state index contributed by atoms with van der Waals surface area (Å²) in [6.45, 7) is 1.67. The Bertz CT molecular complexity index is 416. The van der Waals surface area contributed by atoms with Crippen LogP contribution in [0.2, 0.25) is 0 Å². The van der Waals surface area contributed by atoms with E-state index in [-0.39, 0.29) is 12.2 Å². The van der Waals surface area contributed by atoms with Crippen molar-refractivity contribution in [2.45, 2.75) is 12.7 Å². The third-order valence-corrected chi connectivity index (χ3v) is 2.82. The first kappa shape index (κ1) is 12.6. The zero-order valence-corrected chi connectivity index (χ0v) is 10.4. The zero-order chi connectivity index (χ0) is 12.8. The molecule has 0 bridgehead atoms. The first-order chi connectivity index (χ1) is 8.79. The second-order valence-corrected chi connectivity index (χ2v) is 4.14. The molecule has 1 unspecified atom stereocenters. The Morgan fingerprint density at radius 1 is 1.39 bits per heavy atom. The Kier molecular flexibility index (Phi) is 4.36. The van der Waals surface area contributed by atoms with Gasteiger partial charge in [-0.25, -0.2) is 4.79 Å². The van der Waals surface area contributed by atoms with Crippen LogP contribution < -0.4 is 0 Å². The van der Waals surface area contributed by atoms with Crippen LogP contribution in [-0.2, 0) is 16.1 Å². The van der Waals surface area contributed by atoms with Crippen LogP contribution in [0.3, 0.4) is 0 Å². The summed E-state index contributed by atoms with van der Waals surface area (Å²) in [4.78, 5) is 13.0. The molecule has 0 saturated carbocycles. The Balaban J connectivity index is 1.85. The Labute approximate surface area is 107 Å². The largest absolute Gasteiger partial charge is 0.453 e. The van der Waals surface area contributed by atoms with E-state index in [9.17, 15) is 4.79 Å². The second-order valence-electron chi connectivity index (χ2n) is 4.14. The number of hydrogen-bond donors (Lipinski definition) is 0. The van der Waals surface area contributed by atoms with E-state index in [2.05, 4.69) is 0 Å². The predicted molar refractivity (Wildman–Crippen MR) is 68.1 cm³/mol. The maximum atomic E-state index is 11.4. The van der Waals surface area contributed by atoms with E-state index in [1.54, 1.807) is 4.90 Å². The lowest BCUT2D eigenvalue weighted by atomic mass is 10.2. The molecule has 1 aliphatic rings. The third kappa shape index (κ3) is 3.34. The third-order valence-electron chi connectivity index (χ3n) is 2.82. The average Bonchev–Trinajstić information content (AvgIpc) is 2.45. The Morgan fingerprint density at radius 3 is 2.89 bits per heavy atom. The molecule has 1 aromatic rings. The first-order valence-electron chi connectivity index (χ1n) is 5.94. The summed E-state index contributed by atoms with van der Waals surface area (Å²) < 4.78 is 10.5. The molecule has 1 heterocycles. The van der Waals surface area contributed by atoms with Crippen molar-refractivity contribution in [2.75, 3.05) is 20.2 Å². The van der Waals surface area contributed by atoms with Crippen molar-refractivity contribution < 1.29 is 14.3 Å². The summed E-state index contributed by atoms with van der Waals surface area (Å²) in [7, 11) is 1.39. The molecule has 1 atom stereocenters. The molecule has 2 rings (SSSR count). The van der Waals surface area contributed by atoms with Crippen LogP contribution >= 0.6 is 0 Å². The minimum Gasteiger partial charge on any atom is -0.453 e. The molecule has 96 valence electrons. The highest BCUT2D eigenvalue weighted by atomic mass is 16.5. The van der Waals surface area contributed by atoms with Crippen LogP contribution in [0.15, 0.2) is 42.5 Å².